The second kappa shape index (κ2) is 5.91. The first kappa shape index (κ1) is 13.0. The van der Waals surface area contributed by atoms with Gasteiger partial charge >= 0.3 is 0 Å². The fourth-order valence-electron chi connectivity index (χ4n) is 1.78. The fourth-order valence-corrected chi connectivity index (χ4v) is 2.18. The predicted molar refractivity (Wildman–Crippen MR) is 79.2 cm³/mol. The quantitative estimate of drug-likeness (QED) is 0.905. The van der Waals surface area contributed by atoms with Crippen molar-refractivity contribution in [1.82, 2.24) is 0 Å². The minimum absolute atomic E-state index is 0.817. The lowest BCUT2D eigenvalue weighted by atomic mass is 10.1. The van der Waals surface area contributed by atoms with Crippen LogP contribution in [0.25, 0.3) is 0 Å². The summed E-state index contributed by atoms with van der Waals surface area (Å²) in [5.74, 6) is 0.838. The Kier molecular flexibility index (Phi) is 4.26. The van der Waals surface area contributed by atoms with Gasteiger partial charge < -0.3 is 10.1 Å². The van der Waals surface area contributed by atoms with Crippen molar-refractivity contribution in [3.63, 3.8) is 0 Å². The SMILES string of the molecule is COc1cc(NCc2ccccc2C)ccc1Br. The molecule has 0 spiro atoms. The van der Waals surface area contributed by atoms with E-state index in [1.165, 1.54) is 11.1 Å². The Hall–Kier alpha value is -1.48. The molecule has 0 aromatic heterocycles. The minimum atomic E-state index is 0.817. The van der Waals surface area contributed by atoms with Gasteiger partial charge in [0.1, 0.15) is 5.75 Å². The number of halogens is 1. The van der Waals surface area contributed by atoms with Crippen LogP contribution in [-0.4, -0.2) is 7.11 Å². The fraction of sp³-hybridized carbons (Fsp3) is 0.200. The summed E-state index contributed by atoms with van der Waals surface area (Å²) in [5.41, 5.74) is 3.66. The summed E-state index contributed by atoms with van der Waals surface area (Å²) in [7, 11) is 1.67. The summed E-state index contributed by atoms with van der Waals surface area (Å²) >= 11 is 3.45. The molecule has 0 aliphatic carbocycles. The molecule has 0 bridgehead atoms. The molecule has 0 saturated heterocycles. The maximum absolute atomic E-state index is 5.27. The standard InChI is InChI=1S/C15H16BrNO/c1-11-5-3-4-6-12(11)10-17-13-7-8-14(16)15(9-13)18-2/h3-9,17H,10H2,1-2H3. The Morgan fingerprint density at radius 1 is 1.17 bits per heavy atom. The monoisotopic (exact) mass is 305 g/mol. The average molecular weight is 306 g/mol. The third-order valence-electron chi connectivity index (χ3n) is 2.90. The molecule has 0 heterocycles. The zero-order chi connectivity index (χ0) is 13.0. The van der Waals surface area contributed by atoms with Crippen molar-refractivity contribution in [3.8, 4) is 5.75 Å². The number of rotatable bonds is 4. The molecular weight excluding hydrogens is 290 g/mol. The van der Waals surface area contributed by atoms with E-state index in [-0.39, 0.29) is 0 Å². The minimum Gasteiger partial charge on any atom is -0.495 e. The van der Waals surface area contributed by atoms with E-state index >= 15 is 0 Å². The number of benzene rings is 2. The molecule has 2 nitrogen and oxygen atoms in total. The summed E-state index contributed by atoms with van der Waals surface area (Å²) in [6.45, 7) is 2.94. The van der Waals surface area contributed by atoms with Gasteiger partial charge in [0.2, 0.25) is 0 Å². The van der Waals surface area contributed by atoms with Gasteiger partial charge in [-0.05, 0) is 46.1 Å². The molecule has 1 N–H and O–H groups in total. The molecule has 2 aromatic carbocycles. The number of anilines is 1. The van der Waals surface area contributed by atoms with Gasteiger partial charge in [-0.25, -0.2) is 0 Å². The first-order chi connectivity index (χ1) is 8.70. The highest BCUT2D eigenvalue weighted by Gasteiger charge is 2.02. The van der Waals surface area contributed by atoms with Crippen LogP contribution in [0, 0.1) is 6.92 Å². The molecule has 0 fully saturated rings. The molecule has 0 amide bonds. The maximum atomic E-state index is 5.27. The normalized spacial score (nSPS) is 10.2. The average Bonchev–Trinajstić information content (AvgIpc) is 2.39. The smallest absolute Gasteiger partial charge is 0.135 e. The molecule has 0 unspecified atom stereocenters. The summed E-state index contributed by atoms with van der Waals surface area (Å²) in [4.78, 5) is 0. The Morgan fingerprint density at radius 3 is 2.67 bits per heavy atom. The summed E-state index contributed by atoms with van der Waals surface area (Å²) in [6, 6.07) is 14.4. The van der Waals surface area contributed by atoms with E-state index < -0.39 is 0 Å². The van der Waals surface area contributed by atoms with Gasteiger partial charge in [-0.3, -0.25) is 0 Å². The van der Waals surface area contributed by atoms with E-state index in [1.54, 1.807) is 7.11 Å². The van der Waals surface area contributed by atoms with Crippen molar-refractivity contribution < 1.29 is 4.74 Å². The molecule has 18 heavy (non-hydrogen) atoms. The van der Waals surface area contributed by atoms with Crippen molar-refractivity contribution in [2.75, 3.05) is 12.4 Å². The van der Waals surface area contributed by atoms with Crippen molar-refractivity contribution in [2.24, 2.45) is 0 Å². The van der Waals surface area contributed by atoms with Crippen LogP contribution in [0.2, 0.25) is 0 Å². The van der Waals surface area contributed by atoms with Crippen LogP contribution in [0.1, 0.15) is 11.1 Å². The molecule has 0 aliphatic heterocycles. The number of ether oxygens (including phenoxy) is 1. The second-order valence-electron chi connectivity index (χ2n) is 4.13. The number of hydrogen-bond acceptors (Lipinski definition) is 2. The first-order valence-corrected chi connectivity index (χ1v) is 6.62. The van der Waals surface area contributed by atoms with Crippen LogP contribution in [0.3, 0.4) is 0 Å². The van der Waals surface area contributed by atoms with Gasteiger partial charge in [0, 0.05) is 18.3 Å². The third kappa shape index (κ3) is 3.05. The van der Waals surface area contributed by atoms with Crippen LogP contribution >= 0.6 is 15.9 Å². The Labute approximate surface area is 116 Å². The van der Waals surface area contributed by atoms with Crippen LogP contribution in [0.5, 0.6) is 5.75 Å². The third-order valence-corrected chi connectivity index (χ3v) is 3.55. The van der Waals surface area contributed by atoms with Crippen LogP contribution < -0.4 is 10.1 Å². The molecule has 3 heteroatoms. The highest BCUT2D eigenvalue weighted by molar-refractivity contribution is 9.10. The topological polar surface area (TPSA) is 21.3 Å². The molecule has 0 atom stereocenters. The van der Waals surface area contributed by atoms with Gasteiger partial charge in [-0.1, -0.05) is 24.3 Å². The van der Waals surface area contributed by atoms with E-state index in [0.29, 0.717) is 0 Å². The van der Waals surface area contributed by atoms with E-state index in [9.17, 15) is 0 Å². The van der Waals surface area contributed by atoms with Crippen LogP contribution in [0.15, 0.2) is 46.9 Å². The van der Waals surface area contributed by atoms with Crippen molar-refractivity contribution >= 4 is 21.6 Å². The Morgan fingerprint density at radius 2 is 1.94 bits per heavy atom. The van der Waals surface area contributed by atoms with Gasteiger partial charge in [-0.15, -0.1) is 0 Å². The van der Waals surface area contributed by atoms with E-state index in [2.05, 4.69) is 52.4 Å². The zero-order valence-electron chi connectivity index (χ0n) is 10.5. The molecular formula is C15H16BrNO. The zero-order valence-corrected chi connectivity index (χ0v) is 12.1. The summed E-state index contributed by atoms with van der Waals surface area (Å²) < 4.78 is 6.24. The summed E-state index contributed by atoms with van der Waals surface area (Å²) in [6.07, 6.45) is 0. The molecule has 0 aliphatic rings. The molecule has 94 valence electrons. The predicted octanol–water partition coefficient (Wildman–Crippen LogP) is 4.38. The van der Waals surface area contributed by atoms with E-state index in [1.807, 2.05) is 18.2 Å². The number of methoxy groups -OCH3 is 1. The molecule has 2 aromatic rings. The first-order valence-electron chi connectivity index (χ1n) is 5.82. The van der Waals surface area contributed by atoms with Gasteiger partial charge in [0.15, 0.2) is 0 Å². The molecule has 0 radical (unpaired) electrons. The highest BCUT2D eigenvalue weighted by atomic mass is 79.9. The number of hydrogen-bond donors (Lipinski definition) is 1. The number of nitrogens with one attached hydrogen (secondary N) is 1. The molecule has 0 saturated carbocycles. The van der Waals surface area contributed by atoms with E-state index in [4.69, 9.17) is 4.74 Å². The largest absolute Gasteiger partial charge is 0.495 e. The Balaban J connectivity index is 2.09. The number of aryl methyl sites for hydroxylation is 1. The van der Waals surface area contributed by atoms with E-state index in [0.717, 1.165) is 22.5 Å². The lowest BCUT2D eigenvalue weighted by Gasteiger charge is -2.11. The Bertz CT molecular complexity index is 540. The van der Waals surface area contributed by atoms with Gasteiger partial charge in [-0.2, -0.15) is 0 Å². The van der Waals surface area contributed by atoms with Gasteiger partial charge in [0.25, 0.3) is 0 Å². The second-order valence-corrected chi connectivity index (χ2v) is 4.98. The lowest BCUT2D eigenvalue weighted by Crippen LogP contribution is -2.01. The van der Waals surface area contributed by atoms with Crippen molar-refractivity contribution in [1.29, 1.82) is 0 Å². The van der Waals surface area contributed by atoms with Crippen LogP contribution in [0.4, 0.5) is 5.69 Å². The highest BCUT2D eigenvalue weighted by Crippen LogP contribution is 2.28. The molecule has 2 rings (SSSR count). The maximum Gasteiger partial charge on any atom is 0.135 e. The van der Waals surface area contributed by atoms with Crippen molar-refractivity contribution in [2.45, 2.75) is 13.5 Å². The van der Waals surface area contributed by atoms with Crippen molar-refractivity contribution in [3.05, 3.63) is 58.1 Å². The summed E-state index contributed by atoms with van der Waals surface area (Å²) in [5, 5.41) is 3.40. The lowest BCUT2D eigenvalue weighted by molar-refractivity contribution is 0.412. The van der Waals surface area contributed by atoms with Gasteiger partial charge in [0.05, 0.1) is 11.6 Å². The van der Waals surface area contributed by atoms with Crippen LogP contribution in [-0.2, 0) is 6.54 Å².